The van der Waals surface area contributed by atoms with Gasteiger partial charge in [-0.2, -0.15) is 0 Å². The maximum Gasteiger partial charge on any atom is 0.178 e. The fraction of sp³-hybridized carbons (Fsp3) is 0.200. The number of aryl methyl sites for hydroxylation is 1. The van der Waals surface area contributed by atoms with Crippen molar-refractivity contribution in [2.45, 2.75) is 31.3 Å². The van der Waals surface area contributed by atoms with Crippen LogP contribution in [0, 0.1) is 6.92 Å². The van der Waals surface area contributed by atoms with Crippen LogP contribution in [-0.4, -0.2) is 33.4 Å². The molecule has 268 valence electrons. The molecular formula is C50H45NO3. The fourth-order valence-corrected chi connectivity index (χ4v) is 9.37. The molecule has 2 aliphatic heterocycles. The van der Waals surface area contributed by atoms with Crippen molar-refractivity contribution in [3.8, 4) is 22.6 Å². The zero-order chi connectivity index (χ0) is 36.2. The van der Waals surface area contributed by atoms with Crippen molar-refractivity contribution in [2.24, 2.45) is 0 Å². The van der Waals surface area contributed by atoms with E-state index in [0.29, 0.717) is 0 Å². The Morgan fingerprint density at radius 2 is 1.50 bits per heavy atom. The van der Waals surface area contributed by atoms with Crippen molar-refractivity contribution in [1.82, 2.24) is 0 Å². The molecule has 2 aliphatic carbocycles. The number of fused-ring (bicyclic) bond motifs is 5. The molecule has 0 spiro atoms. The van der Waals surface area contributed by atoms with E-state index in [0.717, 1.165) is 78.1 Å². The molecule has 4 heteroatoms. The standard InChI is InChI=1S/C50H43NO3.H2/c1-33-12-6-7-15-38(33)46-43-25-24-37(52-2)32-45(43)49-44(48(46)47-41-18-10-8-16-39(41)40-17-9-11-19-42(40)47)26-27-50(54-49,34-13-4-3-5-14-34)35-20-22-36(23-21-35)51-28-30-53-31-29-51;/h3-8,10-16,18-27,32,47H,9,17,28-31H2,1-2H3;1H/i;1+1. The van der Waals surface area contributed by atoms with Crippen LogP contribution >= 0.6 is 0 Å². The van der Waals surface area contributed by atoms with Crippen molar-refractivity contribution in [3.63, 3.8) is 0 Å². The van der Waals surface area contributed by atoms with Gasteiger partial charge in [0.2, 0.25) is 0 Å². The summed E-state index contributed by atoms with van der Waals surface area (Å²) in [5.41, 5.74) is 14.3. The van der Waals surface area contributed by atoms with Gasteiger partial charge in [0.05, 0.1) is 20.3 Å². The summed E-state index contributed by atoms with van der Waals surface area (Å²) in [6.07, 6.45) is 11.5. The maximum atomic E-state index is 7.73. The predicted molar refractivity (Wildman–Crippen MR) is 223 cm³/mol. The number of ether oxygens (including phenoxy) is 3. The molecule has 10 rings (SSSR count). The fourth-order valence-electron chi connectivity index (χ4n) is 9.37. The quantitative estimate of drug-likeness (QED) is 0.172. The van der Waals surface area contributed by atoms with Crippen LogP contribution in [0.4, 0.5) is 5.69 Å². The molecule has 1 saturated heterocycles. The van der Waals surface area contributed by atoms with Crippen LogP contribution in [0.2, 0.25) is 0 Å². The van der Waals surface area contributed by atoms with E-state index in [1.165, 1.54) is 50.2 Å². The SMILES string of the molecule is COc1ccc2c(-c3ccccc3C)c(C3C4=C(CCC=C4)c4ccccc43)c3c(c2c1)OC(c1ccccc1)(c1ccc(N2CCOCC2)cc1)C=C3.[2HH]. The summed E-state index contributed by atoms with van der Waals surface area (Å²) in [6.45, 7) is 5.52. The van der Waals surface area contributed by atoms with Gasteiger partial charge in [0.15, 0.2) is 5.60 Å². The van der Waals surface area contributed by atoms with Crippen LogP contribution in [0.1, 0.15) is 59.1 Å². The molecule has 54 heavy (non-hydrogen) atoms. The molecule has 2 atom stereocenters. The molecular weight excluding hydrogens is 663 g/mol. The number of hydrogen-bond acceptors (Lipinski definition) is 4. The van der Waals surface area contributed by atoms with Gasteiger partial charge >= 0.3 is 0 Å². The van der Waals surface area contributed by atoms with Gasteiger partial charge in [0.25, 0.3) is 0 Å². The summed E-state index contributed by atoms with van der Waals surface area (Å²) in [7, 11) is 1.74. The van der Waals surface area contributed by atoms with Gasteiger partial charge in [0.1, 0.15) is 11.5 Å². The van der Waals surface area contributed by atoms with Crippen LogP contribution in [0.3, 0.4) is 0 Å². The summed E-state index contributed by atoms with van der Waals surface area (Å²) in [6, 6.07) is 44.0. The first-order chi connectivity index (χ1) is 26.6. The highest BCUT2D eigenvalue weighted by molar-refractivity contribution is 6.07. The molecule has 4 aliphatic rings. The number of hydrogen-bond donors (Lipinski definition) is 0. The van der Waals surface area contributed by atoms with Crippen LogP contribution in [0.25, 0.3) is 33.5 Å². The highest BCUT2D eigenvalue weighted by Crippen LogP contribution is 2.58. The van der Waals surface area contributed by atoms with E-state index in [1.807, 2.05) is 0 Å². The molecule has 0 bridgehead atoms. The highest BCUT2D eigenvalue weighted by atomic mass is 16.5. The Morgan fingerprint density at radius 1 is 0.759 bits per heavy atom. The number of benzene rings is 6. The van der Waals surface area contributed by atoms with E-state index in [4.69, 9.17) is 14.2 Å². The van der Waals surface area contributed by atoms with Crippen molar-refractivity contribution < 1.29 is 15.6 Å². The van der Waals surface area contributed by atoms with E-state index in [9.17, 15) is 0 Å². The van der Waals surface area contributed by atoms with Crippen molar-refractivity contribution in [1.29, 1.82) is 0 Å². The van der Waals surface area contributed by atoms with Crippen LogP contribution in [0.15, 0.2) is 145 Å². The monoisotopic (exact) mass is 708 g/mol. The number of rotatable bonds is 6. The minimum atomic E-state index is -0.863. The highest BCUT2D eigenvalue weighted by Gasteiger charge is 2.42. The molecule has 0 amide bonds. The molecule has 1 fully saturated rings. The van der Waals surface area contributed by atoms with Gasteiger partial charge in [-0.3, -0.25) is 0 Å². The summed E-state index contributed by atoms with van der Waals surface area (Å²) in [5.74, 6) is 1.73. The number of allylic oxidation sites excluding steroid dienone is 4. The molecule has 0 saturated carbocycles. The molecule has 0 aromatic heterocycles. The number of nitrogens with zero attached hydrogens (tertiary/aromatic N) is 1. The number of methoxy groups -OCH3 is 1. The van der Waals surface area contributed by atoms with Crippen molar-refractivity contribution in [3.05, 3.63) is 184 Å². The summed E-state index contributed by atoms with van der Waals surface area (Å²) >= 11 is 0. The second-order valence-corrected chi connectivity index (χ2v) is 14.8. The zero-order valence-corrected chi connectivity index (χ0v) is 30.8. The minimum Gasteiger partial charge on any atom is -0.497 e. The van der Waals surface area contributed by atoms with Crippen molar-refractivity contribution in [2.75, 3.05) is 38.3 Å². The zero-order valence-electron chi connectivity index (χ0n) is 30.8. The molecule has 6 aromatic carbocycles. The second-order valence-electron chi connectivity index (χ2n) is 14.8. The predicted octanol–water partition coefficient (Wildman–Crippen LogP) is 11.5. The average molecular weight is 709 g/mol. The van der Waals surface area contributed by atoms with E-state index < -0.39 is 5.60 Å². The first-order valence-electron chi connectivity index (χ1n) is 19.2. The van der Waals surface area contributed by atoms with Crippen LogP contribution in [-0.2, 0) is 10.3 Å². The third-order valence-corrected chi connectivity index (χ3v) is 12.0. The Bertz CT molecular complexity index is 2510. The summed E-state index contributed by atoms with van der Waals surface area (Å²) in [4.78, 5) is 2.40. The summed E-state index contributed by atoms with van der Waals surface area (Å²) in [5, 5.41) is 2.20. The van der Waals surface area contributed by atoms with Gasteiger partial charge in [-0.05, 0) is 106 Å². The third kappa shape index (κ3) is 5.15. The first-order valence-corrected chi connectivity index (χ1v) is 19.2. The van der Waals surface area contributed by atoms with E-state index in [2.05, 4.69) is 157 Å². The van der Waals surface area contributed by atoms with Gasteiger partial charge in [-0.25, -0.2) is 0 Å². The Labute approximate surface area is 319 Å². The Morgan fingerprint density at radius 3 is 2.30 bits per heavy atom. The Kier molecular flexibility index (Phi) is 8.03. The third-order valence-electron chi connectivity index (χ3n) is 12.0. The van der Waals surface area contributed by atoms with E-state index in [-0.39, 0.29) is 7.34 Å². The van der Waals surface area contributed by atoms with Gasteiger partial charge in [-0.1, -0.05) is 109 Å². The van der Waals surface area contributed by atoms with Gasteiger partial charge < -0.3 is 19.1 Å². The Balaban J connectivity index is 0.00000397. The normalized spacial score (nSPS) is 20.0. The minimum absolute atomic E-state index is 0. The first kappa shape index (κ1) is 32.8. The Hall–Kier alpha value is -5.84. The largest absolute Gasteiger partial charge is 0.497 e. The molecule has 2 heterocycles. The lowest BCUT2D eigenvalue weighted by molar-refractivity contribution is 0.122. The average Bonchev–Trinajstić information content (AvgIpc) is 3.58. The number of morpholine rings is 1. The lowest BCUT2D eigenvalue weighted by Gasteiger charge is -2.39. The lowest BCUT2D eigenvalue weighted by atomic mass is 9.75. The molecule has 6 aromatic rings. The van der Waals surface area contributed by atoms with E-state index >= 15 is 0 Å². The lowest BCUT2D eigenvalue weighted by Crippen LogP contribution is -2.37. The molecule has 0 N–H and O–H groups in total. The number of anilines is 1. The second kappa shape index (κ2) is 13.2. The molecule has 4 nitrogen and oxygen atoms in total. The maximum absolute atomic E-state index is 7.73. The van der Waals surface area contributed by atoms with E-state index in [1.54, 1.807) is 7.11 Å². The van der Waals surface area contributed by atoms with Crippen molar-refractivity contribution >= 4 is 28.1 Å². The smallest absolute Gasteiger partial charge is 0.178 e. The van der Waals surface area contributed by atoms with Crippen LogP contribution in [0.5, 0.6) is 11.5 Å². The van der Waals surface area contributed by atoms with Crippen LogP contribution < -0.4 is 14.4 Å². The molecule has 0 radical (unpaired) electrons. The summed E-state index contributed by atoms with van der Waals surface area (Å²) < 4.78 is 19.3. The topological polar surface area (TPSA) is 30.9 Å². The molecule has 2 unspecified atom stereocenters. The van der Waals surface area contributed by atoms with Gasteiger partial charge in [-0.15, -0.1) is 0 Å². The van der Waals surface area contributed by atoms with Gasteiger partial charge in [0, 0.05) is 48.2 Å².